The summed E-state index contributed by atoms with van der Waals surface area (Å²) in [7, 11) is 2.15. The van der Waals surface area contributed by atoms with Gasteiger partial charge in [0.05, 0.1) is 21.5 Å². The number of benzene rings is 2. The maximum atomic E-state index is 11.1. The van der Waals surface area contributed by atoms with E-state index in [4.69, 9.17) is 4.98 Å². The van der Waals surface area contributed by atoms with Crippen LogP contribution in [0.15, 0.2) is 48.7 Å². The standard InChI is InChI=1S/C21H20N6O2/c1-25-6-8-26(9-7-25)16-2-5-19-20(12-16)24-21(23-19)15-10-14-11-17(27(28)29)3-4-18(14)22-13-15/h2-5,10-13H,6-9H2,1H3,(H,23,24). The molecule has 0 saturated carbocycles. The van der Waals surface area contributed by atoms with Crippen molar-refractivity contribution in [2.45, 2.75) is 0 Å². The second kappa shape index (κ2) is 6.82. The maximum absolute atomic E-state index is 11.1. The van der Waals surface area contributed by atoms with Crippen LogP contribution in [0.4, 0.5) is 11.4 Å². The van der Waals surface area contributed by atoms with E-state index in [0.29, 0.717) is 11.3 Å². The molecule has 1 N–H and O–H groups in total. The SMILES string of the molecule is CN1CCN(c2ccc3[nH]c(-c4cnc5ccc([N+](=O)[O-])cc5c4)nc3c2)CC1. The van der Waals surface area contributed by atoms with E-state index in [9.17, 15) is 10.1 Å². The van der Waals surface area contributed by atoms with Gasteiger partial charge in [-0.3, -0.25) is 15.1 Å². The van der Waals surface area contributed by atoms with Crippen LogP contribution in [0.2, 0.25) is 0 Å². The van der Waals surface area contributed by atoms with Crippen molar-refractivity contribution < 1.29 is 4.92 Å². The number of non-ortho nitro benzene ring substituents is 1. The molecule has 0 unspecified atom stereocenters. The van der Waals surface area contributed by atoms with Crippen molar-refractivity contribution in [1.82, 2.24) is 19.9 Å². The number of nitrogens with one attached hydrogen (secondary N) is 1. The Morgan fingerprint density at radius 3 is 2.66 bits per heavy atom. The van der Waals surface area contributed by atoms with Gasteiger partial charge in [-0.1, -0.05) is 0 Å². The largest absolute Gasteiger partial charge is 0.369 e. The lowest BCUT2D eigenvalue weighted by Gasteiger charge is -2.34. The average molecular weight is 388 g/mol. The fourth-order valence-electron chi connectivity index (χ4n) is 3.75. The molecule has 1 aliphatic rings. The van der Waals surface area contributed by atoms with Gasteiger partial charge in [-0.15, -0.1) is 0 Å². The third kappa shape index (κ3) is 3.27. The van der Waals surface area contributed by atoms with Gasteiger partial charge in [-0.05, 0) is 37.4 Å². The summed E-state index contributed by atoms with van der Waals surface area (Å²) < 4.78 is 0. The number of hydrogen-bond donors (Lipinski definition) is 1. The molecule has 2 aromatic heterocycles. The molecule has 0 spiro atoms. The normalized spacial score (nSPS) is 15.3. The quantitative estimate of drug-likeness (QED) is 0.427. The summed E-state index contributed by atoms with van der Waals surface area (Å²) in [6.45, 7) is 4.12. The predicted molar refractivity (Wildman–Crippen MR) is 113 cm³/mol. The fourth-order valence-corrected chi connectivity index (χ4v) is 3.75. The van der Waals surface area contributed by atoms with E-state index in [-0.39, 0.29) is 5.69 Å². The van der Waals surface area contributed by atoms with E-state index in [1.54, 1.807) is 18.3 Å². The first-order chi connectivity index (χ1) is 14.1. The molecular formula is C21H20N6O2. The molecule has 1 fully saturated rings. The van der Waals surface area contributed by atoms with Gasteiger partial charge in [-0.25, -0.2) is 4.98 Å². The van der Waals surface area contributed by atoms with Crippen molar-refractivity contribution in [3.63, 3.8) is 0 Å². The lowest BCUT2D eigenvalue weighted by Crippen LogP contribution is -2.44. The highest BCUT2D eigenvalue weighted by atomic mass is 16.6. The van der Waals surface area contributed by atoms with Crippen molar-refractivity contribution in [3.05, 3.63) is 58.8 Å². The van der Waals surface area contributed by atoms with Crippen molar-refractivity contribution in [1.29, 1.82) is 0 Å². The van der Waals surface area contributed by atoms with Crippen molar-refractivity contribution in [2.75, 3.05) is 38.1 Å². The minimum atomic E-state index is -0.396. The summed E-state index contributed by atoms with van der Waals surface area (Å²) in [5, 5.41) is 11.8. The predicted octanol–water partition coefficient (Wildman–Crippen LogP) is 3.44. The molecule has 29 heavy (non-hydrogen) atoms. The summed E-state index contributed by atoms with van der Waals surface area (Å²) in [6, 6.07) is 12.8. The smallest absolute Gasteiger partial charge is 0.270 e. The van der Waals surface area contributed by atoms with Crippen LogP contribution in [0, 0.1) is 10.1 Å². The number of likely N-dealkylation sites (N-methyl/N-ethyl adjacent to an activating group) is 1. The lowest BCUT2D eigenvalue weighted by atomic mass is 10.1. The van der Waals surface area contributed by atoms with Gasteiger partial charge in [0.1, 0.15) is 5.82 Å². The van der Waals surface area contributed by atoms with Gasteiger partial charge in [-0.2, -0.15) is 0 Å². The Morgan fingerprint density at radius 2 is 1.86 bits per heavy atom. The molecule has 0 amide bonds. The number of H-pyrrole nitrogens is 1. The van der Waals surface area contributed by atoms with Gasteiger partial charge in [0.25, 0.3) is 5.69 Å². The van der Waals surface area contributed by atoms with Crippen LogP contribution in [-0.2, 0) is 0 Å². The van der Waals surface area contributed by atoms with Crippen molar-refractivity contribution in [3.8, 4) is 11.4 Å². The Balaban J connectivity index is 1.50. The Bertz CT molecular complexity index is 1230. The second-order valence-electron chi connectivity index (χ2n) is 7.44. The van der Waals surface area contributed by atoms with Crippen LogP contribution in [0.3, 0.4) is 0 Å². The maximum Gasteiger partial charge on any atom is 0.270 e. The highest BCUT2D eigenvalue weighted by Gasteiger charge is 2.16. The third-order valence-electron chi connectivity index (χ3n) is 5.48. The summed E-state index contributed by atoms with van der Waals surface area (Å²) in [4.78, 5) is 27.9. The summed E-state index contributed by atoms with van der Waals surface area (Å²) in [5.41, 5.74) is 4.60. The number of anilines is 1. The number of nitro groups is 1. The molecule has 5 rings (SSSR count). The molecule has 0 aliphatic carbocycles. The average Bonchev–Trinajstić information content (AvgIpc) is 3.17. The van der Waals surface area contributed by atoms with E-state index >= 15 is 0 Å². The van der Waals surface area contributed by atoms with Gasteiger partial charge in [0.2, 0.25) is 0 Å². The topological polar surface area (TPSA) is 91.2 Å². The molecule has 1 aliphatic heterocycles. The Labute approximate surface area is 166 Å². The van der Waals surface area contributed by atoms with Crippen LogP contribution < -0.4 is 4.90 Å². The number of aromatic nitrogens is 3. The van der Waals surface area contributed by atoms with Gasteiger partial charge < -0.3 is 14.8 Å². The van der Waals surface area contributed by atoms with Crippen LogP contribution >= 0.6 is 0 Å². The Kier molecular flexibility index (Phi) is 4.13. The third-order valence-corrected chi connectivity index (χ3v) is 5.48. The van der Waals surface area contributed by atoms with E-state index in [1.807, 2.05) is 6.07 Å². The molecular weight excluding hydrogens is 368 g/mol. The monoisotopic (exact) mass is 388 g/mol. The van der Waals surface area contributed by atoms with Crippen LogP contribution in [0.5, 0.6) is 0 Å². The molecule has 1 saturated heterocycles. The molecule has 0 radical (unpaired) electrons. The first kappa shape index (κ1) is 17.6. The second-order valence-corrected chi connectivity index (χ2v) is 7.44. The number of nitrogens with zero attached hydrogens (tertiary/aromatic N) is 5. The molecule has 146 valence electrons. The number of aromatic amines is 1. The number of rotatable bonds is 3. The van der Waals surface area contributed by atoms with Gasteiger partial charge in [0, 0.05) is 61.1 Å². The van der Waals surface area contributed by atoms with E-state index in [2.05, 4.69) is 45.0 Å². The molecule has 4 aromatic rings. The molecule has 8 heteroatoms. The first-order valence-corrected chi connectivity index (χ1v) is 9.55. The van der Waals surface area contributed by atoms with E-state index in [1.165, 1.54) is 11.8 Å². The summed E-state index contributed by atoms with van der Waals surface area (Å²) >= 11 is 0. The number of hydrogen-bond acceptors (Lipinski definition) is 6. The molecule has 2 aromatic carbocycles. The van der Waals surface area contributed by atoms with Crippen LogP contribution in [-0.4, -0.2) is 58.0 Å². The fraction of sp³-hybridized carbons (Fsp3) is 0.238. The number of pyridine rings is 1. The van der Waals surface area contributed by atoms with Gasteiger partial charge >= 0.3 is 0 Å². The zero-order valence-electron chi connectivity index (χ0n) is 16.0. The summed E-state index contributed by atoms with van der Waals surface area (Å²) in [5.74, 6) is 0.705. The molecule has 3 heterocycles. The van der Waals surface area contributed by atoms with Crippen LogP contribution in [0.1, 0.15) is 0 Å². The van der Waals surface area contributed by atoms with Crippen molar-refractivity contribution >= 4 is 33.3 Å². The molecule has 0 bridgehead atoms. The number of fused-ring (bicyclic) bond motifs is 2. The Hall–Kier alpha value is -3.52. The number of piperazine rings is 1. The minimum absolute atomic E-state index is 0.0536. The zero-order valence-corrected chi connectivity index (χ0v) is 16.0. The van der Waals surface area contributed by atoms with Crippen molar-refractivity contribution in [2.24, 2.45) is 0 Å². The number of imidazole rings is 1. The number of nitro benzene ring substituents is 1. The molecule has 0 atom stereocenters. The first-order valence-electron chi connectivity index (χ1n) is 9.55. The van der Waals surface area contributed by atoms with Crippen LogP contribution in [0.25, 0.3) is 33.3 Å². The highest BCUT2D eigenvalue weighted by Crippen LogP contribution is 2.27. The molecule has 8 nitrogen and oxygen atoms in total. The Morgan fingerprint density at radius 1 is 1.03 bits per heavy atom. The van der Waals surface area contributed by atoms with E-state index in [0.717, 1.165) is 48.2 Å². The minimum Gasteiger partial charge on any atom is -0.369 e. The lowest BCUT2D eigenvalue weighted by molar-refractivity contribution is -0.384. The van der Waals surface area contributed by atoms with E-state index < -0.39 is 4.92 Å². The highest BCUT2D eigenvalue weighted by molar-refractivity contribution is 5.87. The summed E-state index contributed by atoms with van der Waals surface area (Å²) in [6.07, 6.45) is 1.74. The zero-order chi connectivity index (χ0) is 20.0. The van der Waals surface area contributed by atoms with Gasteiger partial charge in [0.15, 0.2) is 0 Å².